The van der Waals surface area contributed by atoms with Gasteiger partial charge in [-0.1, -0.05) is 43.5 Å². The highest BCUT2D eigenvalue weighted by Crippen LogP contribution is 2.42. The predicted molar refractivity (Wildman–Crippen MR) is 140 cm³/mol. The molecule has 2 fully saturated rings. The molecule has 0 radical (unpaired) electrons. The van der Waals surface area contributed by atoms with Crippen LogP contribution in [0.2, 0.25) is 0 Å². The van der Waals surface area contributed by atoms with Gasteiger partial charge in [0.25, 0.3) is 0 Å². The first-order chi connectivity index (χ1) is 17.0. The van der Waals surface area contributed by atoms with Crippen LogP contribution >= 0.6 is 0 Å². The molecule has 0 bridgehead atoms. The molecule has 0 spiro atoms. The fourth-order valence-corrected chi connectivity index (χ4v) is 6.20. The molecule has 1 saturated carbocycles. The largest absolute Gasteiger partial charge is 0.497 e. The molecule has 7 heteroatoms. The molecular weight excluding hydrogens is 456 g/mol. The topological polar surface area (TPSA) is 90.3 Å². The summed E-state index contributed by atoms with van der Waals surface area (Å²) < 4.78 is 5.35. The van der Waals surface area contributed by atoms with E-state index in [4.69, 9.17) is 4.74 Å². The minimum atomic E-state index is -1.08. The lowest BCUT2D eigenvalue weighted by Gasteiger charge is -2.45. The number of carbonyl (C=O) groups excluding carboxylic acids is 1. The maximum absolute atomic E-state index is 14.1. The van der Waals surface area contributed by atoms with Gasteiger partial charge in [0.1, 0.15) is 5.75 Å². The summed E-state index contributed by atoms with van der Waals surface area (Å²) in [6.07, 6.45) is 4.38. The number of hydrogen-bond donors (Lipinski definition) is 2. The molecule has 1 heterocycles. The summed E-state index contributed by atoms with van der Waals surface area (Å²) in [7, 11) is 1.64. The maximum Gasteiger partial charge on any atom is 0.407 e. The summed E-state index contributed by atoms with van der Waals surface area (Å²) in [4.78, 5) is 29.4. The first-order valence-electron chi connectivity index (χ1n) is 13.1. The molecule has 36 heavy (non-hydrogen) atoms. The number of methoxy groups -OCH3 is 1. The standard InChI is InChI=1S/C29H40N2O5/c1-28(2,3)31(27(33)34)23-12-16-30(17-13-23)26(32)25(29(35)14-6-5-7-15-29)22-9-8-21-19-24(36-4)11-10-20(21)18-22/h8-11,18-19,23,25,35H,5-7,12-17H2,1-4H3,(H,33,34). The predicted octanol–water partition coefficient (Wildman–Crippen LogP) is 5.40. The van der Waals surface area contributed by atoms with Gasteiger partial charge in [-0.25, -0.2) is 4.79 Å². The summed E-state index contributed by atoms with van der Waals surface area (Å²) in [5, 5.41) is 23.6. The van der Waals surface area contributed by atoms with Crippen LogP contribution in [-0.2, 0) is 4.79 Å². The number of rotatable bonds is 5. The van der Waals surface area contributed by atoms with Gasteiger partial charge in [0.05, 0.1) is 18.6 Å². The molecule has 2 amide bonds. The number of hydrogen-bond acceptors (Lipinski definition) is 4. The zero-order valence-electron chi connectivity index (χ0n) is 22.0. The Labute approximate surface area is 214 Å². The third-order valence-electron chi connectivity index (χ3n) is 7.98. The summed E-state index contributed by atoms with van der Waals surface area (Å²) in [5.41, 5.74) is -0.743. The normalized spacial score (nSPS) is 19.6. The Morgan fingerprint density at radius 2 is 1.64 bits per heavy atom. The number of amides is 2. The third kappa shape index (κ3) is 5.31. The van der Waals surface area contributed by atoms with E-state index >= 15 is 0 Å². The van der Waals surface area contributed by atoms with Gasteiger partial charge in [0.15, 0.2) is 0 Å². The van der Waals surface area contributed by atoms with E-state index in [0.717, 1.165) is 41.3 Å². The van der Waals surface area contributed by atoms with Crippen molar-refractivity contribution >= 4 is 22.8 Å². The van der Waals surface area contributed by atoms with Crippen LogP contribution in [0.1, 0.15) is 77.2 Å². The van der Waals surface area contributed by atoms with Crippen LogP contribution in [-0.4, -0.2) is 69.4 Å². The lowest BCUT2D eigenvalue weighted by atomic mass is 9.71. The van der Waals surface area contributed by atoms with Crippen molar-refractivity contribution in [2.75, 3.05) is 20.2 Å². The average molecular weight is 497 g/mol. The number of fused-ring (bicyclic) bond motifs is 1. The molecular formula is C29H40N2O5. The van der Waals surface area contributed by atoms with Gasteiger partial charge in [0, 0.05) is 24.7 Å². The molecule has 2 N–H and O–H groups in total. The van der Waals surface area contributed by atoms with E-state index in [1.54, 1.807) is 7.11 Å². The van der Waals surface area contributed by atoms with Gasteiger partial charge in [-0.15, -0.1) is 0 Å². The summed E-state index contributed by atoms with van der Waals surface area (Å²) in [6, 6.07) is 11.7. The maximum atomic E-state index is 14.1. The van der Waals surface area contributed by atoms with Gasteiger partial charge in [-0.05, 0) is 74.9 Å². The van der Waals surface area contributed by atoms with E-state index in [-0.39, 0.29) is 11.9 Å². The van der Waals surface area contributed by atoms with Crippen LogP contribution in [0, 0.1) is 0 Å². The van der Waals surface area contributed by atoms with E-state index in [1.807, 2.05) is 62.1 Å². The second kappa shape index (κ2) is 10.3. The molecule has 7 nitrogen and oxygen atoms in total. The Bertz CT molecular complexity index is 1090. The zero-order valence-corrected chi connectivity index (χ0v) is 22.0. The summed E-state index contributed by atoms with van der Waals surface area (Å²) in [5.74, 6) is 0.0877. The van der Waals surface area contributed by atoms with Crippen LogP contribution in [0.15, 0.2) is 36.4 Å². The van der Waals surface area contributed by atoms with Crippen molar-refractivity contribution in [2.45, 2.75) is 88.8 Å². The molecule has 1 saturated heterocycles. The number of piperidine rings is 1. The van der Waals surface area contributed by atoms with Gasteiger partial charge in [0.2, 0.25) is 5.91 Å². The van der Waals surface area contributed by atoms with Crippen molar-refractivity contribution in [2.24, 2.45) is 0 Å². The Balaban J connectivity index is 1.61. The Morgan fingerprint density at radius 3 is 2.22 bits per heavy atom. The second-order valence-electron chi connectivity index (χ2n) is 11.4. The molecule has 0 aromatic heterocycles. The van der Waals surface area contributed by atoms with Gasteiger partial charge < -0.3 is 24.7 Å². The van der Waals surface area contributed by atoms with Crippen molar-refractivity contribution in [3.05, 3.63) is 42.0 Å². The summed E-state index contributed by atoms with van der Waals surface area (Å²) >= 11 is 0. The van der Waals surface area contributed by atoms with E-state index < -0.39 is 23.2 Å². The van der Waals surface area contributed by atoms with E-state index in [2.05, 4.69) is 0 Å². The monoisotopic (exact) mass is 496 g/mol. The number of benzene rings is 2. The average Bonchev–Trinajstić information content (AvgIpc) is 2.83. The Hall–Kier alpha value is -2.80. The molecule has 2 aromatic rings. The van der Waals surface area contributed by atoms with Crippen molar-refractivity contribution < 1.29 is 24.5 Å². The van der Waals surface area contributed by atoms with Gasteiger partial charge in [-0.3, -0.25) is 4.79 Å². The number of nitrogens with zero attached hydrogens (tertiary/aromatic N) is 2. The number of aliphatic hydroxyl groups is 1. The van der Waals surface area contributed by atoms with Crippen molar-refractivity contribution in [1.82, 2.24) is 9.80 Å². The quantitative estimate of drug-likeness (QED) is 0.579. The first-order valence-corrected chi connectivity index (χ1v) is 13.1. The minimum absolute atomic E-state index is 0.0525. The van der Waals surface area contributed by atoms with Crippen LogP contribution in [0.3, 0.4) is 0 Å². The number of carboxylic acid groups (broad SMARTS) is 1. The molecule has 196 valence electrons. The van der Waals surface area contributed by atoms with E-state index in [1.165, 1.54) is 4.90 Å². The van der Waals surface area contributed by atoms with Crippen LogP contribution in [0.25, 0.3) is 10.8 Å². The number of carbonyl (C=O) groups is 2. The minimum Gasteiger partial charge on any atom is -0.497 e. The second-order valence-corrected chi connectivity index (χ2v) is 11.4. The zero-order chi connectivity index (χ0) is 26.1. The smallest absolute Gasteiger partial charge is 0.407 e. The van der Waals surface area contributed by atoms with Crippen LogP contribution < -0.4 is 4.74 Å². The fraction of sp³-hybridized carbons (Fsp3) is 0.586. The molecule has 2 aromatic carbocycles. The highest BCUT2D eigenvalue weighted by Gasteiger charge is 2.46. The van der Waals surface area contributed by atoms with Crippen molar-refractivity contribution in [3.8, 4) is 5.75 Å². The molecule has 1 aliphatic heterocycles. The van der Waals surface area contributed by atoms with Crippen LogP contribution in [0.5, 0.6) is 5.75 Å². The highest BCUT2D eigenvalue weighted by atomic mass is 16.5. The Morgan fingerprint density at radius 1 is 1.03 bits per heavy atom. The Kier molecular flexibility index (Phi) is 7.51. The number of likely N-dealkylation sites (tertiary alicyclic amines) is 1. The van der Waals surface area contributed by atoms with E-state index in [0.29, 0.717) is 38.8 Å². The SMILES string of the molecule is COc1ccc2cc(C(C(=O)N3CCC(N(C(=O)O)C(C)(C)C)CC3)C3(O)CCCCC3)ccc2c1. The third-order valence-corrected chi connectivity index (χ3v) is 7.98. The van der Waals surface area contributed by atoms with Gasteiger partial charge in [-0.2, -0.15) is 0 Å². The first kappa shape index (κ1) is 26.3. The lowest BCUT2D eigenvalue weighted by Crippen LogP contribution is -2.56. The van der Waals surface area contributed by atoms with Crippen LogP contribution in [0.4, 0.5) is 4.79 Å². The number of ether oxygens (including phenoxy) is 1. The molecule has 1 atom stereocenters. The lowest BCUT2D eigenvalue weighted by molar-refractivity contribution is -0.143. The van der Waals surface area contributed by atoms with Crippen molar-refractivity contribution in [1.29, 1.82) is 0 Å². The fourth-order valence-electron chi connectivity index (χ4n) is 6.20. The molecule has 1 unspecified atom stereocenters. The summed E-state index contributed by atoms with van der Waals surface area (Å²) in [6.45, 7) is 6.69. The highest BCUT2D eigenvalue weighted by molar-refractivity contribution is 5.89. The molecule has 2 aliphatic rings. The van der Waals surface area contributed by atoms with E-state index in [9.17, 15) is 19.8 Å². The van der Waals surface area contributed by atoms with Gasteiger partial charge >= 0.3 is 6.09 Å². The van der Waals surface area contributed by atoms with Crippen molar-refractivity contribution in [3.63, 3.8) is 0 Å². The molecule has 1 aliphatic carbocycles. The molecule has 4 rings (SSSR count).